The molecule has 2 N–H and O–H groups in total. The fourth-order valence-electron chi connectivity index (χ4n) is 1.18. The van der Waals surface area contributed by atoms with Crippen LogP contribution in [0.2, 0.25) is 0 Å². The van der Waals surface area contributed by atoms with Crippen LogP contribution >= 0.6 is 0 Å². The van der Waals surface area contributed by atoms with Gasteiger partial charge in [-0.15, -0.1) is 0 Å². The van der Waals surface area contributed by atoms with Gasteiger partial charge in [-0.05, 0) is 31.7 Å². The minimum Gasteiger partial charge on any atom is -0.330 e. The summed E-state index contributed by atoms with van der Waals surface area (Å²) in [5.74, 6) is -0.924. The topological polar surface area (TPSA) is 53.7 Å². The number of hydrogen-bond acceptors (Lipinski definition) is 4. The average Bonchev–Trinajstić information content (AvgIpc) is 2.06. The summed E-state index contributed by atoms with van der Waals surface area (Å²) in [4.78, 5) is 0. The second-order valence-electron chi connectivity index (χ2n) is 2.52. The van der Waals surface area contributed by atoms with Crippen molar-refractivity contribution in [2.75, 3.05) is 26.4 Å². The van der Waals surface area contributed by atoms with Crippen molar-refractivity contribution in [2.45, 2.75) is 33.2 Å². The van der Waals surface area contributed by atoms with Crippen LogP contribution in [0.25, 0.3) is 0 Å². The number of hydrogen-bond donors (Lipinski definition) is 1. The average molecular weight is 223 g/mol. The predicted molar refractivity (Wildman–Crippen MR) is 62.6 cm³/mol. The Labute approximate surface area is 91.1 Å². The molecular weight excluding hydrogens is 198 g/mol. The third-order valence-electron chi connectivity index (χ3n) is 1.54. The zero-order valence-corrected chi connectivity index (χ0v) is 8.84. The lowest BCUT2D eigenvalue weighted by atomic mass is 10.3. The van der Waals surface area contributed by atoms with E-state index in [4.69, 9.17) is 19.9 Å². The van der Waals surface area contributed by atoms with Crippen LogP contribution in [0.4, 0.5) is 0 Å². The van der Waals surface area contributed by atoms with Crippen molar-refractivity contribution in [3.8, 4) is 0 Å². The Bertz CT molecular complexity index is 95.1. The van der Waals surface area contributed by atoms with Crippen molar-refractivity contribution >= 4 is 11.0 Å². The lowest BCUT2D eigenvalue weighted by Crippen LogP contribution is -2.41. The zero-order valence-electron chi connectivity index (χ0n) is 8.84. The Morgan fingerprint density at radius 2 is 1.29 bits per heavy atom. The number of nitrogens with two attached hydrogens (primary N) is 1. The van der Waals surface area contributed by atoms with Crippen LogP contribution in [0.1, 0.15) is 27.2 Å². The molecule has 0 saturated carbocycles. The van der Waals surface area contributed by atoms with E-state index in [1.54, 1.807) is 0 Å². The highest BCUT2D eigenvalue weighted by Crippen LogP contribution is 2.19. The zero-order chi connectivity index (χ0) is 10.2. The van der Waals surface area contributed by atoms with Crippen molar-refractivity contribution in [1.29, 1.82) is 0 Å². The van der Waals surface area contributed by atoms with Gasteiger partial charge >= 0.3 is 0 Å². The Morgan fingerprint density at radius 1 is 0.929 bits per heavy atom. The Hall–Kier alpha value is 0.0569. The molecule has 0 atom stereocenters. The molecule has 0 radical (unpaired) electrons. The maximum atomic E-state index is 5.47. The first-order chi connectivity index (χ1) is 6.24. The number of rotatable bonds is 8. The van der Waals surface area contributed by atoms with Crippen LogP contribution in [-0.2, 0) is 14.2 Å². The van der Waals surface area contributed by atoms with Crippen LogP contribution in [0.15, 0.2) is 0 Å². The van der Waals surface area contributed by atoms with Crippen LogP contribution in [0.3, 0.4) is 0 Å². The second-order valence-corrected chi connectivity index (χ2v) is 2.52. The van der Waals surface area contributed by atoms with Crippen LogP contribution in [-0.4, -0.2) is 43.3 Å². The molecule has 0 rings (SSSR count). The molecular formula is C9H25NO3Si. The summed E-state index contributed by atoms with van der Waals surface area (Å²) in [6, 6.07) is 0. The fourth-order valence-corrected chi connectivity index (χ4v) is 1.18. The van der Waals surface area contributed by atoms with E-state index in [1.807, 2.05) is 20.8 Å². The van der Waals surface area contributed by atoms with Gasteiger partial charge < -0.3 is 19.9 Å². The Morgan fingerprint density at radius 3 is 1.50 bits per heavy atom. The van der Waals surface area contributed by atoms with Crippen LogP contribution in [0, 0.1) is 0 Å². The SMILES string of the molecule is CCOC(CCN)(OCC)OCC.[SiH4]. The van der Waals surface area contributed by atoms with Gasteiger partial charge in [0.2, 0.25) is 0 Å². The van der Waals surface area contributed by atoms with E-state index in [2.05, 4.69) is 0 Å². The molecule has 0 aliphatic heterocycles. The molecule has 0 aromatic carbocycles. The predicted octanol–water partition coefficient (Wildman–Crippen LogP) is -0.353. The summed E-state index contributed by atoms with van der Waals surface area (Å²) in [6.07, 6.45) is 0.558. The normalized spacial score (nSPS) is 11.1. The monoisotopic (exact) mass is 223 g/mol. The summed E-state index contributed by atoms with van der Waals surface area (Å²) >= 11 is 0. The molecule has 0 aliphatic carbocycles. The third kappa shape index (κ3) is 5.72. The first-order valence-corrected chi connectivity index (χ1v) is 4.86. The molecule has 0 unspecified atom stereocenters. The van der Waals surface area contributed by atoms with Crippen molar-refractivity contribution < 1.29 is 14.2 Å². The first-order valence-electron chi connectivity index (χ1n) is 4.86. The van der Waals surface area contributed by atoms with Gasteiger partial charge in [0.25, 0.3) is 5.97 Å². The Balaban J connectivity index is 0. The standard InChI is InChI=1S/C9H21NO3.H4Si/c1-4-11-9(7-8-10,12-5-2)13-6-3;/h4-8,10H2,1-3H3;1H4. The molecule has 0 aromatic heterocycles. The molecule has 0 aromatic rings. The molecule has 0 amide bonds. The van der Waals surface area contributed by atoms with Crippen molar-refractivity contribution in [3.05, 3.63) is 0 Å². The summed E-state index contributed by atoms with van der Waals surface area (Å²) in [5.41, 5.74) is 5.47. The maximum Gasteiger partial charge on any atom is 0.284 e. The first kappa shape index (κ1) is 16.5. The van der Waals surface area contributed by atoms with Gasteiger partial charge in [0.15, 0.2) is 0 Å². The molecule has 0 fully saturated rings. The van der Waals surface area contributed by atoms with Crippen molar-refractivity contribution in [2.24, 2.45) is 5.73 Å². The second kappa shape index (κ2) is 9.61. The van der Waals surface area contributed by atoms with Gasteiger partial charge in [-0.3, -0.25) is 0 Å². The molecule has 0 spiro atoms. The minimum absolute atomic E-state index is 0. The van der Waals surface area contributed by atoms with Gasteiger partial charge in [-0.25, -0.2) is 0 Å². The van der Waals surface area contributed by atoms with Crippen LogP contribution in [0.5, 0.6) is 0 Å². The molecule has 0 aliphatic rings. The lowest BCUT2D eigenvalue weighted by molar-refractivity contribution is -0.378. The lowest BCUT2D eigenvalue weighted by Gasteiger charge is -2.31. The molecule has 0 bridgehead atoms. The molecule has 4 nitrogen and oxygen atoms in total. The fraction of sp³-hybridized carbons (Fsp3) is 1.00. The molecule has 0 saturated heterocycles. The minimum atomic E-state index is -0.924. The van der Waals surface area contributed by atoms with Gasteiger partial charge in [-0.2, -0.15) is 0 Å². The summed E-state index contributed by atoms with van der Waals surface area (Å²) in [5, 5.41) is 0. The highest BCUT2D eigenvalue weighted by Gasteiger charge is 2.31. The molecule has 5 heteroatoms. The number of ether oxygens (including phenoxy) is 3. The molecule has 0 heterocycles. The van der Waals surface area contributed by atoms with E-state index < -0.39 is 5.97 Å². The molecule has 14 heavy (non-hydrogen) atoms. The summed E-state index contributed by atoms with van der Waals surface area (Å²) in [6.45, 7) is 7.87. The van der Waals surface area contributed by atoms with E-state index >= 15 is 0 Å². The van der Waals surface area contributed by atoms with Gasteiger partial charge in [0.1, 0.15) is 0 Å². The smallest absolute Gasteiger partial charge is 0.284 e. The quantitative estimate of drug-likeness (QED) is 0.451. The van der Waals surface area contributed by atoms with E-state index in [0.29, 0.717) is 32.8 Å². The van der Waals surface area contributed by atoms with Gasteiger partial charge in [0.05, 0.1) is 0 Å². The van der Waals surface area contributed by atoms with E-state index in [-0.39, 0.29) is 11.0 Å². The van der Waals surface area contributed by atoms with Crippen LogP contribution < -0.4 is 5.73 Å². The highest BCUT2D eigenvalue weighted by molar-refractivity contribution is 5.75. The third-order valence-corrected chi connectivity index (χ3v) is 1.54. The van der Waals surface area contributed by atoms with E-state index in [9.17, 15) is 0 Å². The van der Waals surface area contributed by atoms with Gasteiger partial charge in [0, 0.05) is 32.8 Å². The largest absolute Gasteiger partial charge is 0.330 e. The van der Waals surface area contributed by atoms with Gasteiger partial charge in [-0.1, -0.05) is 0 Å². The maximum absolute atomic E-state index is 5.47. The van der Waals surface area contributed by atoms with Crippen molar-refractivity contribution in [3.63, 3.8) is 0 Å². The molecule has 88 valence electrons. The Kier molecular flexibility index (Phi) is 11.3. The summed E-state index contributed by atoms with van der Waals surface area (Å²) < 4.78 is 16.3. The van der Waals surface area contributed by atoms with E-state index in [1.165, 1.54) is 0 Å². The summed E-state index contributed by atoms with van der Waals surface area (Å²) in [7, 11) is 0. The van der Waals surface area contributed by atoms with Crippen molar-refractivity contribution in [1.82, 2.24) is 0 Å². The highest BCUT2D eigenvalue weighted by atomic mass is 28.1. The van der Waals surface area contributed by atoms with E-state index in [0.717, 1.165) is 0 Å².